The molecule has 7 heteroatoms. The van der Waals surface area contributed by atoms with E-state index in [4.69, 9.17) is 13.6 Å². The molecule has 1 atom stereocenters. The summed E-state index contributed by atoms with van der Waals surface area (Å²) in [6.07, 6.45) is 1.61. The fourth-order valence-electron chi connectivity index (χ4n) is 2.82. The SMILES string of the molecule is Cc1cc(=O)oc2cc(OCC(=O)NC[C@@H](c3ccco3)N(C)C)ccc12. The van der Waals surface area contributed by atoms with Crippen molar-refractivity contribution in [2.45, 2.75) is 13.0 Å². The first-order valence-corrected chi connectivity index (χ1v) is 8.58. The Bertz CT molecular complexity index is 976. The van der Waals surface area contributed by atoms with Gasteiger partial charge < -0.3 is 18.9 Å². The highest BCUT2D eigenvalue weighted by atomic mass is 16.5. The number of furan rings is 1. The van der Waals surface area contributed by atoms with Crippen LogP contribution < -0.4 is 15.7 Å². The fraction of sp³-hybridized carbons (Fsp3) is 0.300. The number of benzene rings is 1. The first kappa shape index (κ1) is 18.7. The van der Waals surface area contributed by atoms with Gasteiger partial charge in [-0.3, -0.25) is 9.69 Å². The standard InChI is InChI=1S/C20H22N2O5/c1-13-9-20(24)27-18-10-14(6-7-15(13)18)26-12-19(23)21-11-16(22(2)3)17-5-4-8-25-17/h4-10,16H,11-12H2,1-3H3,(H,21,23)/t16-/m0/s1. The second-order valence-corrected chi connectivity index (χ2v) is 6.49. The van der Waals surface area contributed by atoms with Crippen LogP contribution in [0.5, 0.6) is 5.75 Å². The van der Waals surface area contributed by atoms with E-state index in [0.717, 1.165) is 16.7 Å². The summed E-state index contributed by atoms with van der Waals surface area (Å²) in [5, 5.41) is 3.67. The first-order chi connectivity index (χ1) is 12.9. The van der Waals surface area contributed by atoms with E-state index >= 15 is 0 Å². The zero-order valence-electron chi connectivity index (χ0n) is 15.5. The minimum atomic E-state index is -0.414. The number of carbonyl (C=O) groups is 1. The van der Waals surface area contributed by atoms with Crippen LogP contribution in [0.15, 0.2) is 56.3 Å². The largest absolute Gasteiger partial charge is 0.484 e. The van der Waals surface area contributed by atoms with E-state index in [1.54, 1.807) is 24.5 Å². The normalized spacial score (nSPS) is 12.3. The number of hydrogen-bond donors (Lipinski definition) is 1. The molecule has 0 saturated carbocycles. The molecule has 0 aliphatic rings. The fourth-order valence-corrected chi connectivity index (χ4v) is 2.82. The van der Waals surface area contributed by atoms with Crippen molar-refractivity contribution in [3.8, 4) is 5.75 Å². The number of nitrogens with zero attached hydrogens (tertiary/aromatic N) is 1. The van der Waals surface area contributed by atoms with E-state index in [0.29, 0.717) is 17.9 Å². The Labute approximate surface area is 156 Å². The van der Waals surface area contributed by atoms with Crippen LogP contribution in [0.4, 0.5) is 0 Å². The number of ether oxygens (including phenoxy) is 1. The predicted octanol–water partition coefficient (Wildman–Crippen LogP) is 2.49. The molecule has 0 radical (unpaired) electrons. The summed E-state index contributed by atoms with van der Waals surface area (Å²) in [4.78, 5) is 25.6. The van der Waals surface area contributed by atoms with Crippen LogP contribution in [-0.2, 0) is 4.79 Å². The lowest BCUT2D eigenvalue weighted by atomic mass is 10.1. The Morgan fingerprint density at radius 3 is 2.78 bits per heavy atom. The van der Waals surface area contributed by atoms with Crippen LogP contribution in [0.25, 0.3) is 11.0 Å². The van der Waals surface area contributed by atoms with E-state index in [9.17, 15) is 9.59 Å². The van der Waals surface area contributed by atoms with Gasteiger partial charge in [-0.05, 0) is 50.8 Å². The van der Waals surface area contributed by atoms with Crippen molar-refractivity contribution in [2.24, 2.45) is 0 Å². The lowest BCUT2D eigenvalue weighted by Crippen LogP contribution is -2.36. The number of hydrogen-bond acceptors (Lipinski definition) is 6. The topological polar surface area (TPSA) is 84.9 Å². The van der Waals surface area contributed by atoms with Gasteiger partial charge >= 0.3 is 5.63 Å². The average molecular weight is 370 g/mol. The number of amides is 1. The third kappa shape index (κ3) is 4.57. The highest BCUT2D eigenvalue weighted by Gasteiger charge is 2.18. The molecule has 0 unspecified atom stereocenters. The molecule has 27 heavy (non-hydrogen) atoms. The Kier molecular flexibility index (Phi) is 5.61. The van der Waals surface area contributed by atoms with Crippen LogP contribution in [0.1, 0.15) is 17.4 Å². The Balaban J connectivity index is 1.59. The van der Waals surface area contributed by atoms with Gasteiger partial charge in [0.1, 0.15) is 17.1 Å². The maximum absolute atomic E-state index is 12.1. The number of fused-ring (bicyclic) bond motifs is 1. The first-order valence-electron chi connectivity index (χ1n) is 8.58. The van der Waals surface area contributed by atoms with Crippen molar-refractivity contribution >= 4 is 16.9 Å². The molecule has 0 aliphatic heterocycles. The van der Waals surface area contributed by atoms with E-state index < -0.39 is 5.63 Å². The quantitative estimate of drug-likeness (QED) is 0.643. The van der Waals surface area contributed by atoms with Crippen molar-refractivity contribution in [1.82, 2.24) is 10.2 Å². The van der Waals surface area contributed by atoms with Gasteiger partial charge in [-0.1, -0.05) is 0 Å². The van der Waals surface area contributed by atoms with Gasteiger partial charge in [-0.25, -0.2) is 4.79 Å². The molecular formula is C20H22N2O5. The molecule has 3 aromatic rings. The molecule has 1 aromatic carbocycles. The smallest absolute Gasteiger partial charge is 0.336 e. The summed E-state index contributed by atoms with van der Waals surface area (Å²) < 4.78 is 16.1. The summed E-state index contributed by atoms with van der Waals surface area (Å²) in [5.74, 6) is 0.988. The highest BCUT2D eigenvalue weighted by molar-refractivity contribution is 5.81. The lowest BCUT2D eigenvalue weighted by Gasteiger charge is -2.22. The van der Waals surface area contributed by atoms with Gasteiger partial charge in [0.15, 0.2) is 6.61 Å². The summed E-state index contributed by atoms with van der Waals surface area (Å²) in [6.45, 7) is 2.10. The van der Waals surface area contributed by atoms with Gasteiger partial charge in [0, 0.05) is 24.1 Å². The van der Waals surface area contributed by atoms with Crippen LogP contribution in [0.2, 0.25) is 0 Å². The minimum Gasteiger partial charge on any atom is -0.484 e. The maximum atomic E-state index is 12.1. The third-order valence-electron chi connectivity index (χ3n) is 4.28. The second kappa shape index (κ2) is 8.09. The highest BCUT2D eigenvalue weighted by Crippen LogP contribution is 2.22. The molecule has 3 rings (SSSR count). The summed E-state index contributed by atoms with van der Waals surface area (Å²) in [6, 6.07) is 10.2. The molecule has 142 valence electrons. The molecule has 2 aromatic heterocycles. The van der Waals surface area contributed by atoms with Crippen LogP contribution in [-0.4, -0.2) is 38.1 Å². The summed E-state index contributed by atoms with van der Waals surface area (Å²) in [5.41, 5.74) is 0.851. The van der Waals surface area contributed by atoms with Crippen molar-refractivity contribution in [3.05, 3.63) is 64.4 Å². The molecule has 0 aliphatic carbocycles. The van der Waals surface area contributed by atoms with Crippen LogP contribution in [0.3, 0.4) is 0 Å². The number of carbonyl (C=O) groups excluding carboxylic acids is 1. The van der Waals surface area contributed by atoms with Gasteiger partial charge in [0.25, 0.3) is 5.91 Å². The van der Waals surface area contributed by atoms with Gasteiger partial charge in [0.05, 0.1) is 12.3 Å². The molecule has 2 heterocycles. The minimum absolute atomic E-state index is 0.0677. The van der Waals surface area contributed by atoms with E-state index in [1.165, 1.54) is 6.07 Å². The molecule has 1 amide bonds. The number of rotatable bonds is 7. The molecular weight excluding hydrogens is 348 g/mol. The predicted molar refractivity (Wildman–Crippen MR) is 101 cm³/mol. The third-order valence-corrected chi connectivity index (χ3v) is 4.28. The van der Waals surface area contributed by atoms with Gasteiger partial charge in [-0.2, -0.15) is 0 Å². The van der Waals surface area contributed by atoms with Crippen LogP contribution >= 0.6 is 0 Å². The second-order valence-electron chi connectivity index (χ2n) is 6.49. The lowest BCUT2D eigenvalue weighted by molar-refractivity contribution is -0.123. The molecule has 1 N–H and O–H groups in total. The van der Waals surface area contributed by atoms with Crippen molar-refractivity contribution < 1.29 is 18.4 Å². The molecule has 7 nitrogen and oxygen atoms in total. The van der Waals surface area contributed by atoms with Crippen molar-refractivity contribution in [1.29, 1.82) is 0 Å². The Morgan fingerprint density at radius 1 is 1.26 bits per heavy atom. The molecule has 0 saturated heterocycles. The Hall–Kier alpha value is -3.06. The van der Waals surface area contributed by atoms with Crippen LogP contribution in [0, 0.1) is 6.92 Å². The molecule has 0 fully saturated rings. The monoisotopic (exact) mass is 370 g/mol. The average Bonchev–Trinajstić information content (AvgIpc) is 3.13. The van der Waals surface area contributed by atoms with E-state index in [1.807, 2.05) is 38.1 Å². The van der Waals surface area contributed by atoms with Crippen molar-refractivity contribution in [2.75, 3.05) is 27.2 Å². The zero-order valence-corrected chi connectivity index (χ0v) is 15.5. The van der Waals surface area contributed by atoms with Gasteiger partial charge in [0.2, 0.25) is 0 Å². The van der Waals surface area contributed by atoms with E-state index in [2.05, 4.69) is 5.32 Å². The molecule has 0 spiro atoms. The summed E-state index contributed by atoms with van der Waals surface area (Å²) >= 11 is 0. The number of likely N-dealkylation sites (N-methyl/N-ethyl adjacent to an activating group) is 1. The number of aryl methyl sites for hydroxylation is 1. The maximum Gasteiger partial charge on any atom is 0.336 e. The Morgan fingerprint density at radius 2 is 2.07 bits per heavy atom. The van der Waals surface area contributed by atoms with Crippen molar-refractivity contribution in [3.63, 3.8) is 0 Å². The molecule has 0 bridgehead atoms. The van der Waals surface area contributed by atoms with E-state index in [-0.39, 0.29) is 18.6 Å². The number of nitrogens with one attached hydrogen (secondary N) is 1. The zero-order chi connectivity index (χ0) is 19.4. The van der Waals surface area contributed by atoms with Gasteiger partial charge in [-0.15, -0.1) is 0 Å². The summed E-state index contributed by atoms with van der Waals surface area (Å²) in [7, 11) is 3.83.